The fourth-order valence-electron chi connectivity index (χ4n) is 1.36. The SMILES string of the molecule is COC[C@@H](C)NC(=O)/C=C\c1ccccc1Cl. The molecule has 92 valence electrons. The molecule has 1 aromatic carbocycles. The maximum atomic E-state index is 11.5. The molecule has 0 aliphatic heterocycles. The highest BCUT2D eigenvalue weighted by Crippen LogP contribution is 2.15. The Morgan fingerprint density at radius 3 is 2.88 bits per heavy atom. The number of rotatable bonds is 5. The van der Waals surface area contributed by atoms with Crippen LogP contribution in [0.1, 0.15) is 12.5 Å². The van der Waals surface area contributed by atoms with Crippen molar-refractivity contribution in [2.45, 2.75) is 13.0 Å². The Kier molecular flexibility index (Phi) is 5.73. The third-order valence-corrected chi connectivity index (χ3v) is 2.47. The van der Waals surface area contributed by atoms with Crippen LogP contribution in [-0.4, -0.2) is 25.7 Å². The van der Waals surface area contributed by atoms with Crippen molar-refractivity contribution in [1.82, 2.24) is 5.32 Å². The first kappa shape index (κ1) is 13.7. The van der Waals surface area contributed by atoms with Gasteiger partial charge < -0.3 is 10.1 Å². The zero-order chi connectivity index (χ0) is 12.7. The highest BCUT2D eigenvalue weighted by Gasteiger charge is 2.03. The fraction of sp³-hybridized carbons (Fsp3) is 0.308. The molecule has 1 amide bonds. The number of ether oxygens (including phenoxy) is 1. The van der Waals surface area contributed by atoms with Crippen molar-refractivity contribution >= 4 is 23.6 Å². The van der Waals surface area contributed by atoms with E-state index in [4.69, 9.17) is 16.3 Å². The minimum Gasteiger partial charge on any atom is -0.383 e. The van der Waals surface area contributed by atoms with Gasteiger partial charge in [0.05, 0.1) is 6.61 Å². The Bertz CT molecular complexity index is 404. The molecule has 0 aliphatic carbocycles. The third kappa shape index (κ3) is 5.02. The summed E-state index contributed by atoms with van der Waals surface area (Å²) in [7, 11) is 1.60. The van der Waals surface area contributed by atoms with Gasteiger partial charge in [-0.05, 0) is 24.6 Å². The maximum Gasteiger partial charge on any atom is 0.244 e. The van der Waals surface area contributed by atoms with E-state index in [0.29, 0.717) is 11.6 Å². The summed E-state index contributed by atoms with van der Waals surface area (Å²) in [6, 6.07) is 7.35. The lowest BCUT2D eigenvalue weighted by Crippen LogP contribution is -2.34. The van der Waals surface area contributed by atoms with Gasteiger partial charge in [0, 0.05) is 24.3 Å². The van der Waals surface area contributed by atoms with Gasteiger partial charge in [-0.25, -0.2) is 0 Å². The Morgan fingerprint density at radius 2 is 2.24 bits per heavy atom. The molecular formula is C13H16ClNO2. The second-order valence-corrected chi connectivity index (χ2v) is 4.13. The van der Waals surface area contributed by atoms with Crippen LogP contribution in [-0.2, 0) is 9.53 Å². The van der Waals surface area contributed by atoms with Crippen molar-refractivity contribution < 1.29 is 9.53 Å². The predicted molar refractivity (Wildman–Crippen MR) is 70.0 cm³/mol. The molecule has 0 bridgehead atoms. The molecule has 1 N–H and O–H groups in total. The number of hydrogen-bond donors (Lipinski definition) is 1. The molecule has 0 fully saturated rings. The van der Waals surface area contributed by atoms with Gasteiger partial charge in [0.15, 0.2) is 0 Å². The van der Waals surface area contributed by atoms with Crippen molar-refractivity contribution in [2.75, 3.05) is 13.7 Å². The topological polar surface area (TPSA) is 38.3 Å². The average molecular weight is 254 g/mol. The summed E-state index contributed by atoms with van der Waals surface area (Å²) in [5.74, 6) is -0.158. The number of nitrogens with one attached hydrogen (secondary N) is 1. The van der Waals surface area contributed by atoms with E-state index < -0.39 is 0 Å². The zero-order valence-electron chi connectivity index (χ0n) is 9.94. The van der Waals surface area contributed by atoms with E-state index in [9.17, 15) is 4.79 Å². The minimum absolute atomic E-state index is 0.0107. The molecular weight excluding hydrogens is 238 g/mol. The minimum atomic E-state index is -0.158. The number of amides is 1. The third-order valence-electron chi connectivity index (χ3n) is 2.12. The molecule has 1 aromatic rings. The molecule has 1 atom stereocenters. The lowest BCUT2D eigenvalue weighted by molar-refractivity contribution is -0.117. The first-order valence-electron chi connectivity index (χ1n) is 5.35. The van der Waals surface area contributed by atoms with Gasteiger partial charge in [0.2, 0.25) is 5.91 Å². The van der Waals surface area contributed by atoms with Gasteiger partial charge in [-0.1, -0.05) is 29.8 Å². The second kappa shape index (κ2) is 7.09. The summed E-state index contributed by atoms with van der Waals surface area (Å²) >= 11 is 5.96. The number of carbonyl (C=O) groups is 1. The van der Waals surface area contributed by atoms with E-state index in [1.54, 1.807) is 19.3 Å². The first-order chi connectivity index (χ1) is 8.13. The molecule has 0 saturated carbocycles. The first-order valence-corrected chi connectivity index (χ1v) is 5.73. The molecule has 0 heterocycles. The van der Waals surface area contributed by atoms with Gasteiger partial charge in [0.25, 0.3) is 0 Å². The maximum absolute atomic E-state index is 11.5. The fourth-order valence-corrected chi connectivity index (χ4v) is 1.56. The van der Waals surface area contributed by atoms with Gasteiger partial charge in [-0.15, -0.1) is 0 Å². The molecule has 17 heavy (non-hydrogen) atoms. The highest BCUT2D eigenvalue weighted by molar-refractivity contribution is 6.32. The zero-order valence-corrected chi connectivity index (χ0v) is 10.7. The number of methoxy groups -OCH3 is 1. The molecule has 0 aliphatic rings. The predicted octanol–water partition coefficient (Wildman–Crippen LogP) is 2.50. The summed E-state index contributed by atoms with van der Waals surface area (Å²) in [5, 5.41) is 3.40. The molecule has 0 saturated heterocycles. The van der Waals surface area contributed by atoms with Crippen LogP contribution in [0.3, 0.4) is 0 Å². The van der Waals surface area contributed by atoms with Crippen LogP contribution in [0.4, 0.5) is 0 Å². The lowest BCUT2D eigenvalue weighted by atomic mass is 10.2. The number of benzene rings is 1. The van der Waals surface area contributed by atoms with Gasteiger partial charge in [0.1, 0.15) is 0 Å². The summed E-state index contributed by atoms with van der Waals surface area (Å²) in [6.07, 6.45) is 3.16. The summed E-state index contributed by atoms with van der Waals surface area (Å²) in [6.45, 7) is 2.37. The van der Waals surface area contributed by atoms with Crippen molar-refractivity contribution in [1.29, 1.82) is 0 Å². The average Bonchev–Trinajstić information content (AvgIpc) is 2.28. The molecule has 0 radical (unpaired) electrons. The summed E-state index contributed by atoms with van der Waals surface area (Å²) in [5.41, 5.74) is 0.823. The van der Waals surface area contributed by atoms with Gasteiger partial charge >= 0.3 is 0 Å². The summed E-state index contributed by atoms with van der Waals surface area (Å²) in [4.78, 5) is 11.5. The van der Waals surface area contributed by atoms with E-state index in [1.165, 1.54) is 6.08 Å². The van der Waals surface area contributed by atoms with E-state index in [2.05, 4.69) is 5.32 Å². The van der Waals surface area contributed by atoms with Crippen LogP contribution in [0.25, 0.3) is 6.08 Å². The monoisotopic (exact) mass is 253 g/mol. The standard InChI is InChI=1S/C13H16ClNO2/c1-10(9-17-2)15-13(16)8-7-11-5-3-4-6-12(11)14/h3-8,10H,9H2,1-2H3,(H,15,16)/b8-7-/t10-/m1/s1. The van der Waals surface area contributed by atoms with Crippen LogP contribution in [0, 0.1) is 0 Å². The number of carbonyl (C=O) groups excluding carboxylic acids is 1. The Hall–Kier alpha value is -1.32. The van der Waals surface area contributed by atoms with Crippen molar-refractivity contribution in [3.05, 3.63) is 40.9 Å². The van der Waals surface area contributed by atoms with Crippen molar-refractivity contribution in [3.8, 4) is 0 Å². The van der Waals surface area contributed by atoms with Crippen molar-refractivity contribution in [3.63, 3.8) is 0 Å². The van der Waals surface area contributed by atoms with Gasteiger partial charge in [-0.3, -0.25) is 4.79 Å². The second-order valence-electron chi connectivity index (χ2n) is 3.72. The van der Waals surface area contributed by atoms with E-state index in [1.807, 2.05) is 25.1 Å². The molecule has 4 heteroatoms. The Morgan fingerprint density at radius 1 is 1.53 bits per heavy atom. The van der Waals surface area contributed by atoms with Crippen LogP contribution in [0.5, 0.6) is 0 Å². The van der Waals surface area contributed by atoms with E-state index in [0.717, 1.165) is 5.56 Å². The number of hydrogen-bond acceptors (Lipinski definition) is 2. The summed E-state index contributed by atoms with van der Waals surface area (Å²) < 4.78 is 4.93. The largest absolute Gasteiger partial charge is 0.383 e. The highest BCUT2D eigenvalue weighted by atomic mass is 35.5. The van der Waals surface area contributed by atoms with Crippen LogP contribution in [0.15, 0.2) is 30.3 Å². The quantitative estimate of drug-likeness (QED) is 0.819. The van der Waals surface area contributed by atoms with E-state index >= 15 is 0 Å². The van der Waals surface area contributed by atoms with E-state index in [-0.39, 0.29) is 11.9 Å². The smallest absolute Gasteiger partial charge is 0.244 e. The molecule has 0 aromatic heterocycles. The lowest BCUT2D eigenvalue weighted by Gasteiger charge is -2.10. The van der Waals surface area contributed by atoms with Crippen molar-refractivity contribution in [2.24, 2.45) is 0 Å². The van der Waals surface area contributed by atoms with Gasteiger partial charge in [-0.2, -0.15) is 0 Å². The van der Waals surface area contributed by atoms with Crippen LogP contribution < -0.4 is 5.32 Å². The molecule has 0 spiro atoms. The van der Waals surface area contributed by atoms with Crippen LogP contribution >= 0.6 is 11.6 Å². The van der Waals surface area contributed by atoms with Crippen LogP contribution in [0.2, 0.25) is 5.02 Å². The Balaban J connectivity index is 2.54. The molecule has 3 nitrogen and oxygen atoms in total. The normalized spacial score (nSPS) is 12.6. The number of halogens is 1. The molecule has 1 rings (SSSR count). The molecule has 0 unspecified atom stereocenters. The Labute approximate surface area is 106 Å².